The Kier molecular flexibility index (Phi) is 4.35. The number of aromatic hydroxyl groups is 1. The molecular weight excluding hydrogens is 320 g/mol. The summed E-state index contributed by atoms with van der Waals surface area (Å²) in [7, 11) is 0. The maximum atomic E-state index is 14.4. The standard InChI is InChI=1S/C19H16F4O/c1-10-2-4-11(5-3-10)12-6-14(20)18(15(21)7-12)13-8-16(22)19(24)17(23)9-13/h4,6-10,24H,2-3,5H2,1H3. The summed E-state index contributed by atoms with van der Waals surface area (Å²) in [6.45, 7) is 2.12. The van der Waals surface area contributed by atoms with Crippen LogP contribution in [0.15, 0.2) is 30.3 Å². The molecule has 0 radical (unpaired) electrons. The van der Waals surface area contributed by atoms with Gasteiger partial charge in [-0.25, -0.2) is 17.6 Å². The molecular formula is C19H16F4O. The molecule has 5 heteroatoms. The van der Waals surface area contributed by atoms with Gasteiger partial charge in [-0.2, -0.15) is 0 Å². The van der Waals surface area contributed by atoms with Gasteiger partial charge >= 0.3 is 0 Å². The van der Waals surface area contributed by atoms with E-state index in [9.17, 15) is 17.6 Å². The lowest BCUT2D eigenvalue weighted by atomic mass is 9.87. The van der Waals surface area contributed by atoms with Crippen molar-refractivity contribution in [2.24, 2.45) is 5.92 Å². The fourth-order valence-electron chi connectivity index (χ4n) is 2.97. The van der Waals surface area contributed by atoms with Gasteiger partial charge in [0.15, 0.2) is 17.4 Å². The summed E-state index contributed by atoms with van der Waals surface area (Å²) < 4.78 is 55.7. The highest BCUT2D eigenvalue weighted by Crippen LogP contribution is 2.35. The maximum Gasteiger partial charge on any atom is 0.187 e. The van der Waals surface area contributed by atoms with E-state index >= 15 is 0 Å². The minimum atomic E-state index is -1.27. The van der Waals surface area contributed by atoms with Crippen molar-refractivity contribution < 1.29 is 22.7 Å². The first-order chi connectivity index (χ1) is 11.4. The zero-order chi connectivity index (χ0) is 17.4. The summed E-state index contributed by atoms with van der Waals surface area (Å²) in [5.41, 5.74) is 0.512. The molecule has 0 spiro atoms. The summed E-state index contributed by atoms with van der Waals surface area (Å²) >= 11 is 0. The van der Waals surface area contributed by atoms with Crippen molar-refractivity contribution in [2.75, 3.05) is 0 Å². The average Bonchev–Trinajstić information content (AvgIpc) is 2.52. The lowest BCUT2D eigenvalue weighted by Gasteiger charge is -2.19. The van der Waals surface area contributed by atoms with Crippen LogP contribution in [0.5, 0.6) is 5.75 Å². The zero-order valence-electron chi connectivity index (χ0n) is 13.0. The number of phenols is 1. The Balaban J connectivity index is 2.05. The summed E-state index contributed by atoms with van der Waals surface area (Å²) in [6, 6.07) is 3.79. The molecule has 0 saturated carbocycles. The molecule has 1 aliphatic rings. The van der Waals surface area contributed by atoms with E-state index in [1.54, 1.807) is 0 Å². The van der Waals surface area contributed by atoms with Gasteiger partial charge in [0, 0.05) is 0 Å². The highest BCUT2D eigenvalue weighted by Gasteiger charge is 2.20. The molecule has 1 atom stereocenters. The first-order valence-corrected chi connectivity index (χ1v) is 7.73. The summed E-state index contributed by atoms with van der Waals surface area (Å²) in [6.07, 6.45) is 4.52. The minimum Gasteiger partial charge on any atom is -0.503 e. The maximum absolute atomic E-state index is 14.4. The third kappa shape index (κ3) is 3.03. The fourth-order valence-corrected chi connectivity index (χ4v) is 2.97. The van der Waals surface area contributed by atoms with Crippen LogP contribution in [0.3, 0.4) is 0 Å². The topological polar surface area (TPSA) is 20.2 Å². The molecule has 0 aromatic heterocycles. The minimum absolute atomic E-state index is 0.296. The number of hydrogen-bond acceptors (Lipinski definition) is 1. The molecule has 24 heavy (non-hydrogen) atoms. The lowest BCUT2D eigenvalue weighted by molar-refractivity contribution is 0.396. The number of phenolic OH excluding ortho intramolecular Hbond substituents is 1. The van der Waals surface area contributed by atoms with Gasteiger partial charge < -0.3 is 5.11 Å². The molecule has 2 aromatic rings. The van der Waals surface area contributed by atoms with Crippen molar-refractivity contribution in [3.8, 4) is 16.9 Å². The lowest BCUT2D eigenvalue weighted by Crippen LogP contribution is -2.02. The number of benzene rings is 2. The number of hydrogen-bond donors (Lipinski definition) is 1. The molecule has 2 aromatic carbocycles. The van der Waals surface area contributed by atoms with Crippen LogP contribution in [0.25, 0.3) is 16.7 Å². The van der Waals surface area contributed by atoms with Gasteiger partial charge in [0.05, 0.1) is 5.56 Å². The third-order valence-electron chi connectivity index (χ3n) is 4.39. The second kappa shape index (κ2) is 6.30. The van der Waals surface area contributed by atoms with Crippen molar-refractivity contribution in [3.63, 3.8) is 0 Å². The Hall–Kier alpha value is -2.30. The van der Waals surface area contributed by atoms with Crippen LogP contribution in [0.1, 0.15) is 31.7 Å². The van der Waals surface area contributed by atoms with E-state index in [0.29, 0.717) is 23.6 Å². The van der Waals surface area contributed by atoms with Gasteiger partial charge in [-0.05, 0) is 66.1 Å². The first kappa shape index (κ1) is 16.6. The quantitative estimate of drug-likeness (QED) is 0.685. The Bertz CT molecular complexity index is 780. The van der Waals surface area contributed by atoms with Crippen molar-refractivity contribution in [1.29, 1.82) is 0 Å². The predicted octanol–water partition coefficient (Wildman–Crippen LogP) is 5.82. The summed E-state index contributed by atoms with van der Waals surface area (Å²) in [5, 5.41) is 9.11. The second-order valence-corrected chi connectivity index (χ2v) is 6.21. The Morgan fingerprint density at radius 1 is 0.875 bits per heavy atom. The molecule has 3 rings (SSSR count). The van der Waals surface area contributed by atoms with Crippen LogP contribution in [0.2, 0.25) is 0 Å². The Morgan fingerprint density at radius 3 is 1.92 bits per heavy atom. The van der Waals surface area contributed by atoms with E-state index in [-0.39, 0.29) is 5.56 Å². The molecule has 0 amide bonds. The smallest absolute Gasteiger partial charge is 0.187 e. The number of rotatable bonds is 2. The van der Waals surface area contributed by atoms with Crippen LogP contribution in [0, 0.1) is 29.2 Å². The average molecular weight is 336 g/mol. The van der Waals surface area contributed by atoms with E-state index in [1.165, 1.54) is 12.1 Å². The number of allylic oxidation sites excluding steroid dienone is 2. The fraction of sp³-hybridized carbons (Fsp3) is 0.263. The van der Waals surface area contributed by atoms with Crippen LogP contribution in [-0.2, 0) is 0 Å². The SMILES string of the molecule is CC1CC=C(c2cc(F)c(-c3cc(F)c(O)c(F)c3)c(F)c2)CC1. The van der Waals surface area contributed by atoms with Gasteiger partial charge in [0.25, 0.3) is 0 Å². The molecule has 0 fully saturated rings. The van der Waals surface area contributed by atoms with Crippen molar-refractivity contribution in [1.82, 2.24) is 0 Å². The van der Waals surface area contributed by atoms with Crippen LogP contribution in [-0.4, -0.2) is 5.11 Å². The van der Waals surface area contributed by atoms with Crippen LogP contribution < -0.4 is 0 Å². The molecule has 126 valence electrons. The molecule has 0 aliphatic heterocycles. The van der Waals surface area contributed by atoms with Gasteiger partial charge in [-0.1, -0.05) is 13.0 Å². The Morgan fingerprint density at radius 2 is 1.42 bits per heavy atom. The predicted molar refractivity (Wildman–Crippen MR) is 84.4 cm³/mol. The van der Waals surface area contributed by atoms with E-state index in [0.717, 1.165) is 24.8 Å². The molecule has 1 N–H and O–H groups in total. The van der Waals surface area contributed by atoms with Crippen LogP contribution >= 0.6 is 0 Å². The molecule has 1 aliphatic carbocycles. The molecule has 1 nitrogen and oxygen atoms in total. The molecule has 1 unspecified atom stereocenters. The summed E-state index contributed by atoms with van der Waals surface area (Å²) in [4.78, 5) is 0. The number of halogens is 4. The molecule has 0 heterocycles. The summed E-state index contributed by atoms with van der Waals surface area (Å²) in [5.74, 6) is -4.94. The van der Waals surface area contributed by atoms with E-state index in [4.69, 9.17) is 5.11 Å². The van der Waals surface area contributed by atoms with Gasteiger partial charge in [-0.3, -0.25) is 0 Å². The van der Waals surface area contributed by atoms with E-state index < -0.39 is 34.6 Å². The molecule has 0 bridgehead atoms. The highest BCUT2D eigenvalue weighted by atomic mass is 19.1. The van der Waals surface area contributed by atoms with Crippen LogP contribution in [0.4, 0.5) is 17.6 Å². The normalized spacial score (nSPS) is 17.7. The monoisotopic (exact) mass is 336 g/mol. The largest absolute Gasteiger partial charge is 0.503 e. The van der Waals surface area contributed by atoms with Crippen molar-refractivity contribution >= 4 is 5.57 Å². The van der Waals surface area contributed by atoms with Crippen molar-refractivity contribution in [3.05, 3.63) is 59.2 Å². The van der Waals surface area contributed by atoms with Crippen molar-refractivity contribution in [2.45, 2.75) is 26.2 Å². The molecule has 0 saturated heterocycles. The highest BCUT2D eigenvalue weighted by molar-refractivity contribution is 5.72. The van der Waals surface area contributed by atoms with E-state index in [2.05, 4.69) is 6.92 Å². The second-order valence-electron chi connectivity index (χ2n) is 6.21. The van der Waals surface area contributed by atoms with Gasteiger partial charge in [0.1, 0.15) is 11.6 Å². The Labute approximate surface area is 137 Å². The van der Waals surface area contributed by atoms with Gasteiger partial charge in [0.2, 0.25) is 0 Å². The van der Waals surface area contributed by atoms with Gasteiger partial charge in [-0.15, -0.1) is 0 Å². The first-order valence-electron chi connectivity index (χ1n) is 7.73. The zero-order valence-corrected chi connectivity index (χ0v) is 13.0. The third-order valence-corrected chi connectivity index (χ3v) is 4.39. The van der Waals surface area contributed by atoms with E-state index in [1.807, 2.05) is 6.08 Å².